The number of hydrogen-bond acceptors (Lipinski definition) is 5. The highest BCUT2D eigenvalue weighted by molar-refractivity contribution is 7.90. The molecule has 3 rings (SSSR count). The minimum Gasteiger partial charge on any atom is -0.479 e. The highest BCUT2D eigenvalue weighted by Crippen LogP contribution is 2.18. The maximum Gasteiger partial charge on any atom is 0.334 e. The second kappa shape index (κ2) is 7.89. The Balaban J connectivity index is 1.77. The predicted molar refractivity (Wildman–Crippen MR) is 97.1 cm³/mol. The van der Waals surface area contributed by atoms with Crippen LogP contribution in [-0.4, -0.2) is 56.1 Å². The van der Waals surface area contributed by atoms with E-state index in [0.717, 1.165) is 0 Å². The summed E-state index contributed by atoms with van der Waals surface area (Å²) in [5.41, 5.74) is 0.814. The lowest BCUT2D eigenvalue weighted by Crippen LogP contribution is -2.48. The van der Waals surface area contributed by atoms with E-state index >= 15 is 0 Å². The molecule has 1 aliphatic rings. The Morgan fingerprint density at radius 1 is 1.11 bits per heavy atom. The molecule has 0 aromatic heterocycles. The molecule has 2 aromatic rings. The van der Waals surface area contributed by atoms with Gasteiger partial charge in [0.15, 0.2) is 15.9 Å². The Kier molecular flexibility index (Phi) is 5.57. The number of rotatable bonds is 5. The fourth-order valence-corrected chi connectivity index (χ4v) is 4.25. The number of sulfone groups is 1. The molecule has 0 bridgehead atoms. The first-order valence-corrected chi connectivity index (χ1v) is 10.0. The number of aliphatic carboxylic acids is 1. The Morgan fingerprint density at radius 3 is 2.56 bits per heavy atom. The molecule has 8 heteroatoms. The van der Waals surface area contributed by atoms with Crippen molar-refractivity contribution in [3.05, 3.63) is 65.7 Å². The minimum atomic E-state index is -3.52. The Morgan fingerprint density at radius 2 is 1.85 bits per heavy atom. The van der Waals surface area contributed by atoms with Crippen LogP contribution in [0, 0.1) is 0 Å². The summed E-state index contributed by atoms with van der Waals surface area (Å²) in [5, 5.41) is 9.06. The number of carbonyl (C=O) groups excluding carboxylic acids is 1. The zero-order valence-electron chi connectivity index (χ0n) is 14.4. The summed E-state index contributed by atoms with van der Waals surface area (Å²) >= 11 is 0. The zero-order valence-corrected chi connectivity index (χ0v) is 15.3. The van der Waals surface area contributed by atoms with E-state index in [4.69, 9.17) is 9.84 Å². The van der Waals surface area contributed by atoms with Gasteiger partial charge in [0.1, 0.15) is 0 Å². The molecule has 1 amide bonds. The van der Waals surface area contributed by atoms with Crippen molar-refractivity contribution < 1.29 is 27.9 Å². The van der Waals surface area contributed by atoms with Gasteiger partial charge < -0.3 is 14.7 Å². The average molecular weight is 389 g/mol. The van der Waals surface area contributed by atoms with Crippen LogP contribution in [0.25, 0.3) is 0 Å². The number of carboxylic acids is 1. The maximum atomic E-state index is 12.7. The number of carbonyl (C=O) groups is 2. The van der Waals surface area contributed by atoms with Gasteiger partial charge in [-0.1, -0.05) is 30.3 Å². The minimum absolute atomic E-state index is 0.0410. The van der Waals surface area contributed by atoms with E-state index in [2.05, 4.69) is 0 Å². The van der Waals surface area contributed by atoms with Crippen molar-refractivity contribution >= 4 is 21.7 Å². The summed E-state index contributed by atoms with van der Waals surface area (Å²) in [6, 6.07) is 14.5. The van der Waals surface area contributed by atoms with Crippen molar-refractivity contribution in [2.45, 2.75) is 16.8 Å². The molecule has 2 aromatic carbocycles. The topological polar surface area (TPSA) is 101 Å². The van der Waals surface area contributed by atoms with E-state index in [1.54, 1.807) is 36.4 Å². The number of amides is 1. The third kappa shape index (κ3) is 4.53. The highest BCUT2D eigenvalue weighted by Gasteiger charge is 2.29. The van der Waals surface area contributed by atoms with Gasteiger partial charge in [-0.15, -0.1) is 0 Å². The molecule has 0 spiro atoms. The molecular formula is C19H19NO6S. The molecule has 0 saturated carbocycles. The fraction of sp³-hybridized carbons (Fsp3) is 0.263. The third-order valence-electron chi connectivity index (χ3n) is 4.26. The van der Waals surface area contributed by atoms with Crippen molar-refractivity contribution in [2.75, 3.05) is 19.7 Å². The van der Waals surface area contributed by atoms with Crippen LogP contribution in [-0.2, 0) is 25.1 Å². The lowest BCUT2D eigenvalue weighted by atomic mass is 10.1. The monoisotopic (exact) mass is 389 g/mol. The lowest BCUT2D eigenvalue weighted by Gasteiger charge is -2.31. The summed E-state index contributed by atoms with van der Waals surface area (Å²) in [6.07, 6.45) is -1.05. The van der Waals surface area contributed by atoms with Crippen LogP contribution in [0.1, 0.15) is 15.9 Å². The summed E-state index contributed by atoms with van der Waals surface area (Å²) in [6.45, 7) is 0.390. The molecule has 7 nitrogen and oxygen atoms in total. The zero-order chi connectivity index (χ0) is 19.4. The Labute approximate surface area is 157 Å². The summed E-state index contributed by atoms with van der Waals surface area (Å²) < 4.78 is 30.2. The molecule has 1 atom stereocenters. The van der Waals surface area contributed by atoms with Gasteiger partial charge in [-0.05, 0) is 29.8 Å². The Hall–Kier alpha value is -2.71. The molecule has 0 radical (unpaired) electrons. The molecule has 142 valence electrons. The van der Waals surface area contributed by atoms with Gasteiger partial charge >= 0.3 is 5.97 Å². The van der Waals surface area contributed by atoms with E-state index in [1.807, 2.05) is 0 Å². The van der Waals surface area contributed by atoms with Gasteiger partial charge in [0.05, 0.1) is 23.8 Å². The SMILES string of the molecule is O=C(O)[C@@H]1CN(C(=O)c2cccc(CS(=O)(=O)c3ccccc3)c2)CCO1. The van der Waals surface area contributed by atoms with Crippen molar-refractivity contribution in [3.8, 4) is 0 Å². The van der Waals surface area contributed by atoms with Crippen LogP contribution in [0.3, 0.4) is 0 Å². The average Bonchev–Trinajstić information content (AvgIpc) is 2.68. The van der Waals surface area contributed by atoms with Crippen LogP contribution in [0.4, 0.5) is 0 Å². The predicted octanol–water partition coefficient (Wildman–Crippen LogP) is 1.59. The van der Waals surface area contributed by atoms with E-state index in [9.17, 15) is 18.0 Å². The van der Waals surface area contributed by atoms with Gasteiger partial charge in [0.25, 0.3) is 5.91 Å². The van der Waals surface area contributed by atoms with Crippen molar-refractivity contribution in [1.29, 1.82) is 0 Å². The summed E-state index contributed by atoms with van der Waals surface area (Å²) in [7, 11) is -3.52. The van der Waals surface area contributed by atoms with Crippen LogP contribution in [0.2, 0.25) is 0 Å². The lowest BCUT2D eigenvalue weighted by molar-refractivity contribution is -0.154. The first kappa shape index (κ1) is 19.1. The number of benzene rings is 2. The number of morpholine rings is 1. The molecule has 0 aliphatic carbocycles. The first-order valence-electron chi connectivity index (χ1n) is 8.37. The van der Waals surface area contributed by atoms with Crippen LogP contribution in [0.5, 0.6) is 0 Å². The van der Waals surface area contributed by atoms with Crippen molar-refractivity contribution in [3.63, 3.8) is 0 Å². The molecule has 27 heavy (non-hydrogen) atoms. The van der Waals surface area contributed by atoms with Crippen molar-refractivity contribution in [2.24, 2.45) is 0 Å². The Bertz CT molecular complexity index is 942. The molecule has 1 saturated heterocycles. The van der Waals surface area contributed by atoms with E-state index in [-0.39, 0.29) is 36.3 Å². The molecule has 1 heterocycles. The van der Waals surface area contributed by atoms with Gasteiger partial charge in [0.2, 0.25) is 0 Å². The highest BCUT2D eigenvalue weighted by atomic mass is 32.2. The quantitative estimate of drug-likeness (QED) is 0.833. The van der Waals surface area contributed by atoms with E-state index in [1.165, 1.54) is 23.1 Å². The first-order chi connectivity index (χ1) is 12.9. The molecule has 1 N–H and O–H groups in total. The largest absolute Gasteiger partial charge is 0.479 e. The fourth-order valence-electron chi connectivity index (χ4n) is 2.89. The van der Waals surface area contributed by atoms with Gasteiger partial charge in [-0.2, -0.15) is 0 Å². The maximum absolute atomic E-state index is 12.7. The molecular weight excluding hydrogens is 370 g/mol. The van der Waals surface area contributed by atoms with Crippen LogP contribution >= 0.6 is 0 Å². The smallest absolute Gasteiger partial charge is 0.334 e. The molecule has 0 unspecified atom stereocenters. The second-order valence-electron chi connectivity index (χ2n) is 6.22. The second-order valence-corrected chi connectivity index (χ2v) is 8.21. The van der Waals surface area contributed by atoms with E-state index < -0.39 is 21.9 Å². The number of nitrogens with zero attached hydrogens (tertiary/aromatic N) is 1. The van der Waals surface area contributed by atoms with Crippen LogP contribution in [0.15, 0.2) is 59.5 Å². The molecule has 1 aliphatic heterocycles. The van der Waals surface area contributed by atoms with E-state index in [0.29, 0.717) is 11.1 Å². The number of carboxylic acid groups (broad SMARTS) is 1. The third-order valence-corrected chi connectivity index (χ3v) is 5.97. The normalized spacial score (nSPS) is 17.5. The van der Waals surface area contributed by atoms with Crippen LogP contribution < -0.4 is 0 Å². The van der Waals surface area contributed by atoms with Crippen molar-refractivity contribution in [1.82, 2.24) is 4.90 Å². The number of hydrogen-bond donors (Lipinski definition) is 1. The molecule has 1 fully saturated rings. The van der Waals surface area contributed by atoms with Gasteiger partial charge in [-0.25, -0.2) is 13.2 Å². The van der Waals surface area contributed by atoms with Gasteiger partial charge in [-0.3, -0.25) is 4.79 Å². The standard InChI is InChI=1S/C19H19NO6S/c21-18(20-9-10-26-17(12-20)19(22)23)15-6-4-5-14(11-15)13-27(24,25)16-7-2-1-3-8-16/h1-8,11,17H,9-10,12-13H2,(H,22,23)/t17-/m0/s1. The number of ether oxygens (including phenoxy) is 1. The van der Waals surface area contributed by atoms with Gasteiger partial charge in [0, 0.05) is 12.1 Å². The summed E-state index contributed by atoms with van der Waals surface area (Å²) in [4.78, 5) is 25.4. The summed E-state index contributed by atoms with van der Waals surface area (Å²) in [5.74, 6) is -1.68.